The zero-order chi connectivity index (χ0) is 11.7. The molecule has 0 radical (unpaired) electrons. The molecule has 1 aromatic carbocycles. The van der Waals surface area contributed by atoms with Crippen LogP contribution in [0.2, 0.25) is 0 Å². The number of ether oxygens (including phenoxy) is 1. The van der Waals surface area contributed by atoms with Gasteiger partial charge in [-0.1, -0.05) is 0 Å². The zero-order valence-corrected chi connectivity index (χ0v) is 8.54. The molecule has 0 spiro atoms. The monoisotopic (exact) mass is 222 g/mol. The number of carbonyl (C=O) groups excluding carboxylic acids is 1. The molecule has 2 rings (SSSR count). The van der Waals surface area contributed by atoms with E-state index in [-0.39, 0.29) is 11.8 Å². The van der Waals surface area contributed by atoms with E-state index in [1.807, 2.05) is 0 Å². The number of carbonyl (C=O) groups is 1. The quantitative estimate of drug-likeness (QED) is 0.464. The Bertz CT molecular complexity index is 446. The second-order valence-electron chi connectivity index (χ2n) is 3.57. The summed E-state index contributed by atoms with van der Waals surface area (Å²) >= 11 is 0. The van der Waals surface area contributed by atoms with E-state index in [1.54, 1.807) is 6.92 Å². The molecule has 2 atom stereocenters. The largest absolute Gasteiger partial charge is 0.486 e. The summed E-state index contributed by atoms with van der Waals surface area (Å²) < 4.78 is 5.43. The van der Waals surface area contributed by atoms with Crippen LogP contribution in [0.1, 0.15) is 6.92 Å². The van der Waals surface area contributed by atoms with Gasteiger partial charge in [0.05, 0.1) is 16.7 Å². The molecule has 6 nitrogen and oxygen atoms in total. The van der Waals surface area contributed by atoms with Crippen molar-refractivity contribution in [2.75, 3.05) is 5.32 Å². The van der Waals surface area contributed by atoms with Gasteiger partial charge in [-0.05, 0) is 13.0 Å². The van der Waals surface area contributed by atoms with Crippen molar-refractivity contribution >= 4 is 17.7 Å². The van der Waals surface area contributed by atoms with Gasteiger partial charge in [0, 0.05) is 6.07 Å². The lowest BCUT2D eigenvalue weighted by molar-refractivity contribution is -0.384. The maximum atomic E-state index is 10.7. The molecule has 0 saturated carbocycles. The summed E-state index contributed by atoms with van der Waals surface area (Å²) in [5, 5.41) is 13.5. The van der Waals surface area contributed by atoms with Crippen molar-refractivity contribution in [2.45, 2.75) is 19.1 Å². The standard InChI is InChI=1S/C10H10N2O4/c1-6-9(5-13)11-8-3-2-7(12(14)15)4-10(8)16-6/h2-6,9,11H,1H3. The summed E-state index contributed by atoms with van der Waals surface area (Å²) in [6.07, 6.45) is 0.418. The molecular weight excluding hydrogens is 212 g/mol. The molecule has 1 heterocycles. The average molecular weight is 222 g/mol. The number of nitrogens with zero attached hydrogens (tertiary/aromatic N) is 1. The van der Waals surface area contributed by atoms with Crippen molar-refractivity contribution in [3.63, 3.8) is 0 Å². The van der Waals surface area contributed by atoms with Gasteiger partial charge < -0.3 is 14.8 Å². The fraction of sp³-hybridized carbons (Fsp3) is 0.300. The Morgan fingerprint density at radius 2 is 2.31 bits per heavy atom. The average Bonchev–Trinajstić information content (AvgIpc) is 2.27. The molecule has 0 amide bonds. The van der Waals surface area contributed by atoms with Gasteiger partial charge in [0.2, 0.25) is 0 Å². The van der Waals surface area contributed by atoms with E-state index >= 15 is 0 Å². The topological polar surface area (TPSA) is 81.5 Å². The Morgan fingerprint density at radius 1 is 1.56 bits per heavy atom. The van der Waals surface area contributed by atoms with Crippen LogP contribution >= 0.6 is 0 Å². The molecule has 0 fully saturated rings. The first kappa shape index (κ1) is 10.4. The molecule has 1 aliphatic heterocycles. The maximum Gasteiger partial charge on any atom is 0.273 e. The van der Waals surface area contributed by atoms with Crippen LogP contribution in [0, 0.1) is 10.1 Å². The molecular formula is C10H10N2O4. The number of rotatable bonds is 2. The highest BCUT2D eigenvalue weighted by atomic mass is 16.6. The van der Waals surface area contributed by atoms with E-state index in [0.29, 0.717) is 11.4 Å². The van der Waals surface area contributed by atoms with Crippen LogP contribution in [-0.4, -0.2) is 23.4 Å². The Labute approximate surface area is 91.4 Å². The fourth-order valence-electron chi connectivity index (χ4n) is 1.56. The van der Waals surface area contributed by atoms with Gasteiger partial charge in [-0.25, -0.2) is 0 Å². The van der Waals surface area contributed by atoms with Crippen LogP contribution in [0.15, 0.2) is 18.2 Å². The van der Waals surface area contributed by atoms with Gasteiger partial charge in [-0.3, -0.25) is 10.1 Å². The third-order valence-electron chi connectivity index (χ3n) is 2.46. The number of fused-ring (bicyclic) bond motifs is 1. The Balaban J connectivity index is 2.36. The second-order valence-corrected chi connectivity index (χ2v) is 3.57. The van der Waals surface area contributed by atoms with Crippen molar-refractivity contribution in [3.8, 4) is 5.75 Å². The number of benzene rings is 1. The third kappa shape index (κ3) is 1.69. The predicted octanol–water partition coefficient (Wildman–Crippen LogP) is 1.36. The number of non-ortho nitro benzene ring substituents is 1. The van der Waals surface area contributed by atoms with Gasteiger partial charge in [-0.15, -0.1) is 0 Å². The normalized spacial score (nSPS) is 22.6. The molecule has 16 heavy (non-hydrogen) atoms. The minimum absolute atomic E-state index is 0.0303. The molecule has 0 saturated heterocycles. The lowest BCUT2D eigenvalue weighted by Gasteiger charge is -2.29. The van der Waals surface area contributed by atoms with Crippen LogP contribution in [-0.2, 0) is 4.79 Å². The van der Waals surface area contributed by atoms with Crippen LogP contribution in [0.3, 0.4) is 0 Å². The fourth-order valence-corrected chi connectivity index (χ4v) is 1.56. The summed E-state index contributed by atoms with van der Waals surface area (Å²) in [5.41, 5.74) is 0.568. The van der Waals surface area contributed by atoms with Crippen molar-refractivity contribution in [1.82, 2.24) is 0 Å². The highest BCUT2D eigenvalue weighted by Gasteiger charge is 2.26. The molecule has 6 heteroatoms. The molecule has 1 N–H and O–H groups in total. The summed E-state index contributed by atoms with van der Waals surface area (Å²) in [6, 6.07) is 3.83. The minimum Gasteiger partial charge on any atom is -0.486 e. The molecule has 2 unspecified atom stereocenters. The lowest BCUT2D eigenvalue weighted by atomic mass is 10.1. The van der Waals surface area contributed by atoms with E-state index in [2.05, 4.69) is 5.32 Å². The molecule has 0 bridgehead atoms. The molecule has 1 aromatic rings. The van der Waals surface area contributed by atoms with Gasteiger partial charge in [0.15, 0.2) is 0 Å². The Kier molecular flexibility index (Phi) is 2.47. The molecule has 84 valence electrons. The number of hydrogen-bond donors (Lipinski definition) is 1. The minimum atomic E-state index is -0.486. The second kappa shape index (κ2) is 3.80. The van der Waals surface area contributed by atoms with Gasteiger partial charge in [0.25, 0.3) is 5.69 Å². The first-order valence-electron chi connectivity index (χ1n) is 4.79. The smallest absolute Gasteiger partial charge is 0.273 e. The number of nitro benzene ring substituents is 1. The van der Waals surface area contributed by atoms with E-state index in [4.69, 9.17) is 4.74 Å². The molecule has 1 aliphatic rings. The van der Waals surface area contributed by atoms with Gasteiger partial charge >= 0.3 is 0 Å². The number of nitrogens with one attached hydrogen (secondary N) is 1. The van der Waals surface area contributed by atoms with E-state index in [1.165, 1.54) is 18.2 Å². The van der Waals surface area contributed by atoms with Crippen molar-refractivity contribution in [3.05, 3.63) is 28.3 Å². The van der Waals surface area contributed by atoms with Crippen LogP contribution in [0.5, 0.6) is 5.75 Å². The van der Waals surface area contributed by atoms with E-state index in [9.17, 15) is 14.9 Å². The molecule has 0 aliphatic carbocycles. The summed E-state index contributed by atoms with van der Waals surface area (Å²) in [7, 11) is 0. The zero-order valence-electron chi connectivity index (χ0n) is 8.54. The highest BCUT2D eigenvalue weighted by molar-refractivity contribution is 5.71. The predicted molar refractivity (Wildman–Crippen MR) is 56.7 cm³/mol. The van der Waals surface area contributed by atoms with Gasteiger partial charge in [-0.2, -0.15) is 0 Å². The third-order valence-corrected chi connectivity index (χ3v) is 2.46. The van der Waals surface area contributed by atoms with Crippen LogP contribution in [0.4, 0.5) is 11.4 Å². The number of hydrogen-bond acceptors (Lipinski definition) is 5. The maximum absolute atomic E-state index is 10.7. The van der Waals surface area contributed by atoms with E-state index < -0.39 is 11.0 Å². The first-order valence-corrected chi connectivity index (χ1v) is 4.79. The summed E-state index contributed by atoms with van der Waals surface area (Å²) in [4.78, 5) is 20.8. The SMILES string of the molecule is CC1Oc2cc([N+](=O)[O-])ccc2NC1C=O. The number of anilines is 1. The number of aldehydes is 1. The Hall–Kier alpha value is -2.11. The first-order chi connectivity index (χ1) is 7.61. The lowest BCUT2D eigenvalue weighted by Crippen LogP contribution is -2.40. The number of nitro groups is 1. The van der Waals surface area contributed by atoms with Crippen molar-refractivity contribution in [2.24, 2.45) is 0 Å². The summed E-state index contributed by atoms with van der Waals surface area (Å²) in [6.45, 7) is 1.73. The van der Waals surface area contributed by atoms with Crippen LogP contribution in [0.25, 0.3) is 0 Å². The molecule has 0 aromatic heterocycles. The van der Waals surface area contributed by atoms with Crippen molar-refractivity contribution < 1.29 is 14.5 Å². The van der Waals surface area contributed by atoms with Gasteiger partial charge in [0.1, 0.15) is 24.2 Å². The van der Waals surface area contributed by atoms with Crippen molar-refractivity contribution in [1.29, 1.82) is 0 Å². The highest BCUT2D eigenvalue weighted by Crippen LogP contribution is 2.34. The van der Waals surface area contributed by atoms with Crippen LogP contribution < -0.4 is 10.1 Å². The Morgan fingerprint density at radius 3 is 2.94 bits per heavy atom. The summed E-state index contributed by atoms with van der Waals surface area (Å²) in [5.74, 6) is 0.403. The van der Waals surface area contributed by atoms with E-state index in [0.717, 1.165) is 6.29 Å².